The van der Waals surface area contributed by atoms with Gasteiger partial charge in [0.1, 0.15) is 0 Å². The normalized spacial score (nSPS) is 18.0. The molecule has 0 bridgehead atoms. The van der Waals surface area contributed by atoms with Crippen LogP contribution >= 0.6 is 60.7 Å². The van der Waals surface area contributed by atoms with E-state index in [1.807, 2.05) is 0 Å². The molecule has 0 heterocycles. The van der Waals surface area contributed by atoms with Crippen LogP contribution in [0.25, 0.3) is 11.1 Å². The van der Waals surface area contributed by atoms with Crippen LogP contribution in [-0.4, -0.2) is 17.0 Å². The van der Waals surface area contributed by atoms with Crippen molar-refractivity contribution in [2.45, 2.75) is 268 Å². The first-order chi connectivity index (χ1) is 54.4. The molecule has 16 rings (SSSR count). The molecule has 644 valence electrons. The summed E-state index contributed by atoms with van der Waals surface area (Å²) in [5, 5.41) is 14.2. The van der Waals surface area contributed by atoms with E-state index in [0.29, 0.717) is 11.3 Å². The number of hydrogen-bond donors (Lipinski definition) is 0. The van der Waals surface area contributed by atoms with Crippen LogP contribution in [0.5, 0.6) is 0 Å². The van der Waals surface area contributed by atoms with E-state index in [4.69, 9.17) is 0 Å². The van der Waals surface area contributed by atoms with Gasteiger partial charge in [-0.2, -0.15) is 19.8 Å². The van der Waals surface area contributed by atoms with Gasteiger partial charge in [0.2, 0.25) is 0 Å². The average Bonchev–Trinajstić information content (AvgIpc) is 0.878. The molecule has 6 fully saturated rings. The maximum atomic E-state index is 2.91. The van der Waals surface area contributed by atoms with E-state index in [0.717, 1.165) is 47.1 Å². The summed E-state index contributed by atoms with van der Waals surface area (Å²) in [6.45, 7) is 21.6. The van der Waals surface area contributed by atoms with Gasteiger partial charge in [-0.1, -0.05) is 484 Å². The van der Waals surface area contributed by atoms with Crippen LogP contribution in [0.15, 0.2) is 279 Å². The Bertz CT molecular complexity index is 3710. The molecule has 6 aliphatic rings. The fourth-order valence-electron chi connectivity index (χ4n) is 18.9. The quantitative estimate of drug-likeness (QED) is 0.0593. The average molecular weight is 1820 g/mol. The zero-order valence-corrected chi connectivity index (χ0v) is 82.7. The van der Waals surface area contributed by atoms with Gasteiger partial charge >= 0.3 is 0 Å². The second-order valence-electron chi connectivity index (χ2n) is 33.5. The number of aryl methyl sites for hydroxylation is 2. The SMILES string of the molecule is C.C.C1CCCC1.C1CCCC1.CC(C)C1CCCC1C.CC1CCCC1[C@@H](C)C1CCCCC1.C[C@@H](C[C@H](C)P(c1ccccc1)c1ccccc1)P(c1ccccc1)c1ccccc1.Cc1cccc(P(c2ccccc2)c2ccccc2)c1-c1c(C)cccc1P(c1ccccc1)c1ccccc1.P.P.PC1CCCCC1.[Ar].[Fe].[Fe]. The molecule has 0 radical (unpaired) electrons. The van der Waals surface area contributed by atoms with Gasteiger partial charge in [-0.05, 0) is 211 Å². The van der Waals surface area contributed by atoms with E-state index in [9.17, 15) is 0 Å². The Morgan fingerprint density at radius 3 is 0.771 bits per heavy atom. The van der Waals surface area contributed by atoms with Crippen molar-refractivity contribution >= 4 is 114 Å². The van der Waals surface area contributed by atoms with Crippen LogP contribution in [0.4, 0.5) is 0 Å². The molecule has 7 unspecified atom stereocenters. The molecular weight excluding hydrogens is 1670 g/mol. The second kappa shape index (κ2) is 61.8. The second-order valence-corrected chi connectivity index (χ2v) is 44.2. The number of rotatable bonds is 18. The van der Waals surface area contributed by atoms with Gasteiger partial charge in [-0.3, -0.25) is 0 Å². The standard InChI is InChI=1S/C38H32P2.C29H30P2.C14H26.C9H18.C6H13P.2C5H10.2CH4.Ar.2Fe.2H3P/c1-29-17-15-27-35(39(31-19-7-3-8-20-31)32-21-9-4-10-22-32)37(29)38-30(2)18-16-28-36(38)40(33-23-11-5-12-24-33)34-25-13-6-14-26-34;1-24(30(26-15-7-3-8-16-26)27-17-9-4-10-18-27)23-25(2)31(28-19-11-5-12-20-28)29-21-13-6-14-22-29;1-11-7-6-10-14(11)12(2)13-8-4-3-5-9-13;1-7(2)9-6-4-5-8(9)3;7-6-4-2-1-3-5-6;2*1-2-4-5-3-1;;;;;;;/h3-28H,1-2H3;3-22,24-25H,23H2,1-2H3;11-14H,3-10H2,1-2H3;7-9H,4-6H2,1-3H3;6H,1-5,7H2;2*1-5H2;2*1H4;;;;2*1H3/t;24-,25-;11?,12-,14?;;;;;;;;;;;/m.00.........../s1. The van der Waals surface area contributed by atoms with Crippen LogP contribution in [0.2, 0.25) is 0 Å². The molecule has 10 atom stereocenters. The minimum absolute atomic E-state index is 0. The molecule has 10 aromatic rings. The molecule has 0 nitrogen and oxygen atoms in total. The van der Waals surface area contributed by atoms with Gasteiger partial charge in [-0.15, -0.1) is 9.24 Å². The van der Waals surface area contributed by atoms with Crippen molar-refractivity contribution in [3.8, 4) is 11.1 Å². The summed E-state index contributed by atoms with van der Waals surface area (Å²) in [6.07, 6.45) is 40.1. The van der Waals surface area contributed by atoms with Gasteiger partial charge in [0.05, 0.1) is 0 Å². The van der Waals surface area contributed by atoms with Crippen molar-refractivity contribution < 1.29 is 71.9 Å². The van der Waals surface area contributed by atoms with Gasteiger partial charge in [-0.25, -0.2) is 0 Å². The van der Waals surface area contributed by atoms with Crippen LogP contribution in [0, 0.1) is 93.0 Å². The van der Waals surface area contributed by atoms with Crippen LogP contribution in [-0.2, 0) is 34.1 Å². The summed E-state index contributed by atoms with van der Waals surface area (Å²) in [5.74, 6) is 7.14. The van der Waals surface area contributed by atoms with E-state index < -0.39 is 31.7 Å². The number of hydrogen-bond acceptors (Lipinski definition) is 0. The molecule has 0 aliphatic heterocycles. The Morgan fingerprint density at radius 2 is 0.542 bits per heavy atom. The summed E-state index contributed by atoms with van der Waals surface area (Å²) in [5.41, 5.74) is 7.57. The van der Waals surface area contributed by atoms with Crippen LogP contribution in [0.1, 0.15) is 248 Å². The molecule has 6 aliphatic carbocycles. The molecule has 118 heavy (non-hydrogen) atoms. The van der Waals surface area contributed by atoms with E-state index in [-0.39, 0.29) is 107 Å². The Morgan fingerprint density at radius 1 is 0.297 bits per heavy atom. The van der Waals surface area contributed by atoms with Crippen molar-refractivity contribution in [3.05, 3.63) is 290 Å². The zero-order chi connectivity index (χ0) is 77.8. The first-order valence-electron chi connectivity index (χ1n) is 43.9. The van der Waals surface area contributed by atoms with Gasteiger partial charge < -0.3 is 0 Å². The smallest absolute Gasteiger partial charge is 0 e. The van der Waals surface area contributed by atoms with Crippen molar-refractivity contribution in [1.29, 1.82) is 0 Å². The summed E-state index contributed by atoms with van der Waals surface area (Å²) in [7, 11) is 0.609. The molecule has 0 amide bonds. The first-order valence-corrected chi connectivity index (χ1v) is 50.1. The third-order valence-electron chi connectivity index (χ3n) is 24.9. The minimum atomic E-state index is -0.752. The molecule has 0 saturated heterocycles. The maximum Gasteiger partial charge on any atom is 0 e. The Kier molecular flexibility index (Phi) is 57.4. The molecule has 0 N–H and O–H groups in total. The minimum Gasteiger partial charge on any atom is -0.153 e. The Balaban J connectivity index is 0.000000404. The zero-order valence-electron chi connectivity index (χ0n) is 72.3. The van der Waals surface area contributed by atoms with Gasteiger partial charge in [0, 0.05) is 71.9 Å². The van der Waals surface area contributed by atoms with E-state index in [2.05, 4.69) is 351 Å². The van der Waals surface area contributed by atoms with Crippen LogP contribution in [0.3, 0.4) is 0 Å². The number of benzene rings is 10. The fraction of sp³-hybridized carbons (Fsp3) is 0.444. The molecule has 0 aromatic heterocycles. The predicted molar refractivity (Wildman–Crippen MR) is 542 cm³/mol. The summed E-state index contributed by atoms with van der Waals surface area (Å²) in [4.78, 5) is 0. The summed E-state index contributed by atoms with van der Waals surface area (Å²) >= 11 is 0. The molecule has 0 spiro atoms. The molecular formula is C108H153ArFe2P7. The maximum absolute atomic E-state index is 2.91. The summed E-state index contributed by atoms with van der Waals surface area (Å²) < 4.78 is 0. The van der Waals surface area contributed by atoms with E-state index >= 15 is 0 Å². The van der Waals surface area contributed by atoms with Crippen LogP contribution < -0.4 is 53.0 Å². The monoisotopic (exact) mass is 1820 g/mol. The third kappa shape index (κ3) is 34.7. The van der Waals surface area contributed by atoms with Crippen molar-refractivity contribution in [3.63, 3.8) is 0 Å². The topological polar surface area (TPSA) is 0 Å². The molecule has 10 aromatic carbocycles. The largest absolute Gasteiger partial charge is 0.153 e. The Hall–Kier alpha value is -2.49. The fourth-order valence-corrected chi connectivity index (χ4v) is 30.3. The van der Waals surface area contributed by atoms with Crippen molar-refractivity contribution in [2.75, 3.05) is 0 Å². The predicted octanol–water partition coefficient (Wildman–Crippen LogP) is 29.1. The van der Waals surface area contributed by atoms with Crippen molar-refractivity contribution in [1.82, 2.24) is 0 Å². The third-order valence-corrected chi connectivity index (χ3v) is 36.2. The van der Waals surface area contributed by atoms with Gasteiger partial charge in [0.15, 0.2) is 0 Å². The van der Waals surface area contributed by atoms with E-state index in [1.165, 1.54) is 249 Å². The Labute approximate surface area is 788 Å². The first kappa shape index (κ1) is 110. The molecule has 6 saturated carbocycles. The molecule has 10 heteroatoms. The summed E-state index contributed by atoms with van der Waals surface area (Å²) in [6, 6.07) is 103. The van der Waals surface area contributed by atoms with Crippen molar-refractivity contribution in [2.24, 2.45) is 41.4 Å². The van der Waals surface area contributed by atoms with E-state index in [1.54, 1.807) is 0 Å². The van der Waals surface area contributed by atoms with Gasteiger partial charge in [0.25, 0.3) is 0 Å².